The van der Waals surface area contributed by atoms with Crippen LogP contribution in [0.2, 0.25) is 0 Å². The molecule has 2 aromatic rings. The summed E-state index contributed by atoms with van der Waals surface area (Å²) in [4.78, 5) is 21.5. The minimum absolute atomic E-state index is 0.0379. The Morgan fingerprint density at radius 2 is 1.48 bits per heavy atom. The molecule has 8 nitrogen and oxygen atoms in total. The summed E-state index contributed by atoms with van der Waals surface area (Å²) >= 11 is 0. The largest absolute Gasteiger partial charge is 0.480 e. The van der Waals surface area contributed by atoms with Crippen LogP contribution in [-0.4, -0.2) is 30.5 Å². The third-order valence-corrected chi connectivity index (χ3v) is 5.40. The van der Waals surface area contributed by atoms with E-state index in [0.717, 1.165) is 0 Å². The molecule has 0 saturated heterocycles. The Morgan fingerprint density at radius 1 is 1.04 bits per heavy atom. The zero-order chi connectivity index (χ0) is 20.4. The van der Waals surface area contributed by atoms with Gasteiger partial charge in [-0.15, -0.1) is 0 Å². The number of nitro groups is 1. The minimum Gasteiger partial charge on any atom is -0.480 e. The number of sulfonamides is 1. The van der Waals surface area contributed by atoms with E-state index >= 15 is 0 Å². The van der Waals surface area contributed by atoms with Gasteiger partial charge in [0, 0.05) is 12.1 Å². The molecule has 0 bridgehead atoms. The molecule has 0 amide bonds. The first-order chi connectivity index (χ1) is 12.4. The molecular formula is C18H20N2O6S. The monoisotopic (exact) mass is 392 g/mol. The van der Waals surface area contributed by atoms with Crippen molar-refractivity contribution < 1.29 is 23.2 Å². The lowest BCUT2D eigenvalue weighted by Crippen LogP contribution is -2.48. The molecule has 0 aliphatic heterocycles. The molecule has 0 spiro atoms. The molecule has 0 aromatic heterocycles. The molecular weight excluding hydrogens is 372 g/mol. The lowest BCUT2D eigenvalue weighted by atomic mass is 9.88. The van der Waals surface area contributed by atoms with Gasteiger partial charge >= 0.3 is 5.97 Å². The highest BCUT2D eigenvalue weighted by Gasteiger charge is 2.35. The van der Waals surface area contributed by atoms with Crippen LogP contribution in [0, 0.1) is 15.5 Å². The number of carboxylic acids is 1. The minimum atomic E-state index is -4.02. The van der Waals surface area contributed by atoms with Gasteiger partial charge in [-0.2, -0.15) is 4.72 Å². The molecule has 27 heavy (non-hydrogen) atoms. The zero-order valence-corrected chi connectivity index (χ0v) is 15.9. The maximum Gasteiger partial charge on any atom is 0.322 e. The van der Waals surface area contributed by atoms with E-state index in [1.165, 1.54) is 24.3 Å². The summed E-state index contributed by atoms with van der Waals surface area (Å²) in [7, 11) is -4.02. The first-order valence-electron chi connectivity index (χ1n) is 8.02. The van der Waals surface area contributed by atoms with Crippen molar-refractivity contribution in [2.45, 2.75) is 31.7 Å². The number of nitrogens with zero attached hydrogens (tertiary/aromatic N) is 1. The maximum atomic E-state index is 12.5. The van der Waals surface area contributed by atoms with Crippen LogP contribution in [0.25, 0.3) is 11.1 Å². The van der Waals surface area contributed by atoms with E-state index in [9.17, 15) is 28.4 Å². The van der Waals surface area contributed by atoms with E-state index in [-0.39, 0.29) is 10.6 Å². The van der Waals surface area contributed by atoms with E-state index in [2.05, 4.69) is 4.72 Å². The van der Waals surface area contributed by atoms with Crippen molar-refractivity contribution >= 4 is 21.7 Å². The Bertz CT molecular complexity index is 945. The SMILES string of the molecule is CC(C)(C)[C@H](NS(=O)(=O)c1ccc(-c2ccc([N+](=O)[O-])cc2)cc1)C(=O)O. The maximum absolute atomic E-state index is 12.5. The molecule has 1 atom stereocenters. The fraction of sp³-hybridized carbons (Fsp3) is 0.278. The van der Waals surface area contributed by atoms with Crippen LogP contribution in [0.1, 0.15) is 20.8 Å². The second-order valence-electron chi connectivity index (χ2n) is 7.09. The Hall–Kier alpha value is -2.78. The number of hydrogen-bond acceptors (Lipinski definition) is 5. The second kappa shape index (κ2) is 7.45. The molecule has 0 unspecified atom stereocenters. The van der Waals surface area contributed by atoms with Crippen LogP contribution < -0.4 is 4.72 Å². The molecule has 9 heteroatoms. The second-order valence-corrected chi connectivity index (χ2v) is 8.80. The molecule has 0 aliphatic rings. The molecule has 0 fully saturated rings. The first-order valence-corrected chi connectivity index (χ1v) is 9.50. The van der Waals surface area contributed by atoms with Crippen molar-refractivity contribution in [3.05, 3.63) is 58.6 Å². The van der Waals surface area contributed by atoms with Gasteiger partial charge in [0.2, 0.25) is 10.0 Å². The van der Waals surface area contributed by atoms with Crippen molar-refractivity contribution in [2.75, 3.05) is 0 Å². The Morgan fingerprint density at radius 3 is 1.85 bits per heavy atom. The lowest BCUT2D eigenvalue weighted by molar-refractivity contribution is -0.384. The van der Waals surface area contributed by atoms with Gasteiger partial charge in [0.25, 0.3) is 5.69 Å². The van der Waals surface area contributed by atoms with Gasteiger partial charge in [-0.25, -0.2) is 8.42 Å². The molecule has 0 radical (unpaired) electrons. The van der Waals surface area contributed by atoms with Crippen LogP contribution in [-0.2, 0) is 14.8 Å². The van der Waals surface area contributed by atoms with Crippen molar-refractivity contribution in [1.29, 1.82) is 0 Å². The van der Waals surface area contributed by atoms with Gasteiger partial charge in [0.1, 0.15) is 6.04 Å². The summed E-state index contributed by atoms with van der Waals surface area (Å²) in [6, 6.07) is 10.4. The Labute approximate surface area is 157 Å². The molecule has 0 saturated carbocycles. The highest BCUT2D eigenvalue weighted by molar-refractivity contribution is 7.89. The van der Waals surface area contributed by atoms with Crippen molar-refractivity contribution in [2.24, 2.45) is 5.41 Å². The van der Waals surface area contributed by atoms with Gasteiger partial charge in [0.15, 0.2) is 0 Å². The standard InChI is InChI=1S/C18H20N2O6S/c1-18(2,3)16(17(21)22)19-27(25,26)15-10-6-13(7-11-15)12-4-8-14(9-5-12)20(23)24/h4-11,16,19H,1-3H3,(H,21,22)/t16-/m1/s1. The smallest absolute Gasteiger partial charge is 0.322 e. The highest BCUT2D eigenvalue weighted by Crippen LogP contribution is 2.25. The first kappa shape index (κ1) is 20.5. The summed E-state index contributed by atoms with van der Waals surface area (Å²) in [5.74, 6) is -1.26. The number of nitro benzene ring substituents is 1. The van der Waals surface area contributed by atoms with Gasteiger partial charge < -0.3 is 5.11 Å². The van der Waals surface area contributed by atoms with Crippen LogP contribution in [0.15, 0.2) is 53.4 Å². The van der Waals surface area contributed by atoms with Gasteiger partial charge in [-0.1, -0.05) is 32.9 Å². The van der Waals surface area contributed by atoms with Gasteiger partial charge in [-0.3, -0.25) is 14.9 Å². The van der Waals surface area contributed by atoms with Crippen molar-refractivity contribution in [3.8, 4) is 11.1 Å². The van der Waals surface area contributed by atoms with E-state index in [1.807, 2.05) is 0 Å². The van der Waals surface area contributed by atoms with Crippen LogP contribution in [0.3, 0.4) is 0 Å². The molecule has 0 heterocycles. The quantitative estimate of drug-likeness (QED) is 0.575. The number of hydrogen-bond donors (Lipinski definition) is 2. The summed E-state index contributed by atoms with van der Waals surface area (Å²) in [6.45, 7) is 4.89. The summed E-state index contributed by atoms with van der Waals surface area (Å²) < 4.78 is 27.2. The van der Waals surface area contributed by atoms with Crippen LogP contribution in [0.4, 0.5) is 5.69 Å². The Balaban J connectivity index is 2.27. The summed E-state index contributed by atoms with van der Waals surface area (Å²) in [5.41, 5.74) is 0.520. The predicted molar refractivity (Wildman–Crippen MR) is 99.7 cm³/mol. The van der Waals surface area contributed by atoms with Gasteiger partial charge in [-0.05, 0) is 40.8 Å². The van der Waals surface area contributed by atoms with E-state index < -0.39 is 32.4 Å². The molecule has 0 aliphatic carbocycles. The number of benzene rings is 2. The summed E-state index contributed by atoms with van der Waals surface area (Å²) in [5, 5.41) is 20.0. The van der Waals surface area contributed by atoms with E-state index in [1.54, 1.807) is 45.0 Å². The van der Waals surface area contributed by atoms with Crippen LogP contribution in [0.5, 0.6) is 0 Å². The predicted octanol–water partition coefficient (Wildman–Crippen LogP) is 3.04. The average molecular weight is 392 g/mol. The number of carbonyl (C=O) groups is 1. The number of aliphatic carboxylic acids is 1. The average Bonchev–Trinajstić information content (AvgIpc) is 2.59. The van der Waals surface area contributed by atoms with Crippen LogP contribution >= 0.6 is 0 Å². The zero-order valence-electron chi connectivity index (χ0n) is 15.0. The van der Waals surface area contributed by atoms with E-state index in [4.69, 9.17) is 0 Å². The number of carboxylic acid groups (broad SMARTS) is 1. The lowest BCUT2D eigenvalue weighted by Gasteiger charge is -2.27. The number of non-ortho nitro benzene ring substituents is 1. The van der Waals surface area contributed by atoms with Crippen molar-refractivity contribution in [3.63, 3.8) is 0 Å². The molecule has 2 N–H and O–H groups in total. The summed E-state index contributed by atoms with van der Waals surface area (Å²) in [6.07, 6.45) is 0. The molecule has 2 rings (SSSR count). The molecule has 2 aromatic carbocycles. The third-order valence-electron chi connectivity index (χ3n) is 3.96. The van der Waals surface area contributed by atoms with Gasteiger partial charge in [0.05, 0.1) is 9.82 Å². The highest BCUT2D eigenvalue weighted by atomic mass is 32.2. The third kappa shape index (κ3) is 4.89. The topological polar surface area (TPSA) is 127 Å². The van der Waals surface area contributed by atoms with Crippen molar-refractivity contribution in [1.82, 2.24) is 4.72 Å². The molecule has 144 valence electrons. The fourth-order valence-electron chi connectivity index (χ4n) is 2.42. The normalized spacial score (nSPS) is 13.1. The fourth-order valence-corrected chi connectivity index (χ4v) is 3.82. The number of nitrogens with one attached hydrogen (secondary N) is 1. The Kier molecular flexibility index (Phi) is 5.67. The van der Waals surface area contributed by atoms with E-state index in [0.29, 0.717) is 11.1 Å². The number of rotatable bonds is 6.